The number of nitrogen functional groups attached to an aromatic ring is 2. The van der Waals surface area contributed by atoms with Crippen LogP contribution in [0.5, 0.6) is 0 Å². The summed E-state index contributed by atoms with van der Waals surface area (Å²) in [5, 5.41) is 20.7. The Balaban J connectivity index is 0.000000254. The van der Waals surface area contributed by atoms with E-state index in [0.717, 1.165) is 17.3 Å². The molecule has 0 aliphatic carbocycles. The van der Waals surface area contributed by atoms with Gasteiger partial charge in [-0.3, -0.25) is 14.4 Å². The molecule has 0 unspecified atom stereocenters. The number of carboxylic acids is 1. The highest BCUT2D eigenvalue weighted by Crippen LogP contribution is 2.31. The summed E-state index contributed by atoms with van der Waals surface area (Å²) in [6, 6.07) is 27.5. The number of nitrogens with one attached hydrogen (secondary N) is 4. The van der Waals surface area contributed by atoms with Gasteiger partial charge < -0.3 is 71.2 Å². The van der Waals surface area contributed by atoms with Crippen molar-refractivity contribution in [3.05, 3.63) is 205 Å². The number of hydrogen-bond donors (Lipinski definition) is 8. The van der Waals surface area contributed by atoms with E-state index in [1.54, 1.807) is 76.9 Å². The van der Waals surface area contributed by atoms with Crippen LogP contribution >= 0.6 is 15.9 Å². The largest absolute Gasteiger partial charge is 0.476 e. The molecule has 28 nitrogen and oxygen atoms in total. The summed E-state index contributed by atoms with van der Waals surface area (Å²) in [5.41, 5.74) is 19.8. The lowest BCUT2D eigenvalue weighted by Gasteiger charge is -2.12. The van der Waals surface area contributed by atoms with Gasteiger partial charge in [-0.1, -0.05) is 52.3 Å². The lowest BCUT2D eigenvalue weighted by atomic mass is 10.1. The minimum atomic E-state index is -1.31. The molecule has 0 aliphatic heterocycles. The number of amides is 1. The third-order valence-corrected chi connectivity index (χ3v) is 11.4. The Bertz CT molecular complexity index is 4070. The van der Waals surface area contributed by atoms with Crippen molar-refractivity contribution in [2.75, 3.05) is 48.6 Å². The SMILES string of the molecule is C.C.CNc1cccc(CN)n1.CNc1cccc(CNC(=O)c2nc(-c3ccc(=O)n(C)c3)c(-c3ncco3)nc2N)n1.Cn1cc(-c2nc(C(=O)O)c(N)nc2-c2ncco2)ccc1=O.[C-]#[N+]c1cccc(Br)n1.[C-]#[N+]c1cccc(NC)n1. The molecule has 0 radical (unpaired) electrons. The maximum Gasteiger partial charge on any atom is 0.358 e. The molecule has 10 aromatic rings. The van der Waals surface area contributed by atoms with Gasteiger partial charge in [0, 0.05) is 83.5 Å². The molecule has 11 N–H and O–H groups in total. The summed E-state index contributed by atoms with van der Waals surface area (Å²) >= 11 is 3.15. The lowest BCUT2D eigenvalue weighted by molar-refractivity contribution is 0.0691. The Morgan fingerprint density at radius 2 is 1.03 bits per heavy atom. The fourth-order valence-electron chi connectivity index (χ4n) is 6.86. The first-order valence-corrected chi connectivity index (χ1v) is 25.3. The Morgan fingerprint density at radius 3 is 1.47 bits per heavy atom. The van der Waals surface area contributed by atoms with Crippen molar-refractivity contribution in [1.29, 1.82) is 0 Å². The average molecular weight is 1230 g/mol. The maximum atomic E-state index is 12.9. The van der Waals surface area contributed by atoms with Gasteiger partial charge >= 0.3 is 5.97 Å². The number of hydrogen-bond acceptors (Lipinski definition) is 22. The number of rotatable bonds is 12. The zero-order chi connectivity index (χ0) is 60.7. The third-order valence-electron chi connectivity index (χ3n) is 10.9. The van der Waals surface area contributed by atoms with Crippen molar-refractivity contribution in [1.82, 2.24) is 64.3 Å². The number of pyridine rings is 6. The van der Waals surface area contributed by atoms with Crippen LogP contribution in [-0.4, -0.2) is 97.1 Å². The number of nitrogens with zero attached hydrogens (tertiary/aromatic N) is 14. The zero-order valence-electron chi connectivity index (χ0n) is 45.4. The second-order valence-electron chi connectivity index (χ2n) is 16.6. The highest BCUT2D eigenvalue weighted by atomic mass is 79.9. The summed E-state index contributed by atoms with van der Waals surface area (Å²) in [6.45, 7) is 13.9. The molecule has 0 bridgehead atoms. The minimum absolute atomic E-state index is 0. The van der Waals surface area contributed by atoms with Gasteiger partial charge in [0.25, 0.3) is 17.5 Å². The van der Waals surface area contributed by atoms with Crippen LogP contribution in [0.3, 0.4) is 0 Å². The monoisotopic (exact) mass is 1230 g/mol. The van der Waals surface area contributed by atoms with Gasteiger partial charge in [0.2, 0.25) is 28.7 Å². The standard InChI is InChI=1S/C21H20N8O3.C14H11N5O4.C7H7N3.C7H11N3.C6H3BrN2.2CH4/c1-23-14-5-3-4-13(26-14)10-25-20(31)18-19(22)28-17(21-24-8-9-32-21)16(27-18)12-6-7-15(30)29(2)11-12;1-19-6-7(2-3-8(19)20)9-10(13-16-4-5-23-13)18-12(15)11(17-9)14(21)22;1-8-6-4-3-5-7(9-2)10-6;1-9-7-4-2-3-6(5-8)10-7;1-8-6-4-2-3-5(7)9-6;;/h3-9,11H,10H2,1-2H3,(H2,22,28)(H,23,26)(H,25,31);2-6H,1H3,(H2,15,18)(H,21,22);3-5H,1H3,(H,8,10);2-4H,5,8H2,1H3,(H,9,10);2-4H;2*1H4. The molecule has 29 heteroatoms. The Morgan fingerprint density at radius 1 is 0.593 bits per heavy atom. The van der Waals surface area contributed by atoms with Crippen LogP contribution in [-0.2, 0) is 27.2 Å². The number of carbonyl (C=O) groups is 2. The number of aromatic carboxylic acids is 1. The molecular formula is C57H60BrN21O7. The summed E-state index contributed by atoms with van der Waals surface area (Å²) in [7, 11) is 8.55. The van der Waals surface area contributed by atoms with Crippen molar-refractivity contribution < 1.29 is 23.5 Å². The van der Waals surface area contributed by atoms with E-state index in [1.807, 2.05) is 43.4 Å². The summed E-state index contributed by atoms with van der Waals surface area (Å²) in [4.78, 5) is 95.1. The Labute approximate surface area is 501 Å². The van der Waals surface area contributed by atoms with E-state index in [1.165, 1.54) is 58.5 Å². The number of aromatic nitrogens is 12. The summed E-state index contributed by atoms with van der Waals surface area (Å²) in [6.07, 6.45) is 8.73. The molecule has 86 heavy (non-hydrogen) atoms. The number of oxazole rings is 2. The third kappa shape index (κ3) is 18.5. The molecule has 10 heterocycles. The van der Waals surface area contributed by atoms with Crippen molar-refractivity contribution in [3.63, 3.8) is 0 Å². The maximum absolute atomic E-state index is 12.9. The summed E-state index contributed by atoms with van der Waals surface area (Å²) < 4.78 is 14.0. The highest BCUT2D eigenvalue weighted by Gasteiger charge is 2.24. The fraction of sp³-hybridized carbons (Fsp3) is 0.158. The van der Waals surface area contributed by atoms with Gasteiger partial charge in [-0.25, -0.2) is 44.7 Å². The molecular weight excluding hydrogens is 1170 g/mol. The first-order chi connectivity index (χ1) is 40.5. The van der Waals surface area contributed by atoms with Crippen molar-refractivity contribution in [2.24, 2.45) is 19.8 Å². The number of anilines is 5. The molecule has 0 spiro atoms. The molecule has 0 fully saturated rings. The van der Waals surface area contributed by atoms with Crippen molar-refractivity contribution >= 4 is 68.5 Å². The van der Waals surface area contributed by atoms with E-state index in [9.17, 15) is 24.3 Å². The van der Waals surface area contributed by atoms with Crippen molar-refractivity contribution in [3.8, 4) is 45.7 Å². The van der Waals surface area contributed by atoms with Gasteiger partial charge in [-0.05, 0) is 70.5 Å². The van der Waals surface area contributed by atoms with E-state index >= 15 is 0 Å². The van der Waals surface area contributed by atoms with Crippen LogP contribution in [0.25, 0.3) is 55.4 Å². The number of nitrogens with two attached hydrogens (primary N) is 3. The smallest absolute Gasteiger partial charge is 0.358 e. The van der Waals surface area contributed by atoms with Crippen LogP contribution in [0.1, 0.15) is 47.2 Å². The van der Waals surface area contributed by atoms with Crippen LogP contribution in [0, 0.1) is 13.1 Å². The van der Waals surface area contributed by atoms with Crippen molar-refractivity contribution in [2.45, 2.75) is 27.9 Å². The van der Waals surface area contributed by atoms with E-state index in [2.05, 4.69) is 96.7 Å². The minimum Gasteiger partial charge on any atom is -0.476 e. The Kier molecular flexibility index (Phi) is 25.5. The van der Waals surface area contributed by atoms with Crippen LogP contribution in [0.2, 0.25) is 0 Å². The molecule has 0 aromatic carbocycles. The molecule has 0 aliphatic rings. The van der Waals surface area contributed by atoms with Gasteiger partial charge in [-0.15, -0.1) is 9.97 Å². The number of carboxylic acid groups (broad SMARTS) is 1. The first kappa shape index (κ1) is 66.9. The Hall–Kier alpha value is -11.6. The van der Waals surface area contributed by atoms with Crippen LogP contribution in [0.15, 0.2) is 157 Å². The number of aryl methyl sites for hydroxylation is 2. The zero-order valence-corrected chi connectivity index (χ0v) is 47.0. The molecule has 10 rings (SSSR count). The normalized spacial score (nSPS) is 9.78. The van der Waals surface area contributed by atoms with Gasteiger partial charge in [0.1, 0.15) is 35.5 Å². The second-order valence-corrected chi connectivity index (χ2v) is 17.4. The molecule has 1 amide bonds. The molecule has 0 saturated heterocycles. The topological polar surface area (TPSA) is 388 Å². The van der Waals surface area contributed by atoms with Crippen LogP contribution in [0.4, 0.5) is 40.7 Å². The highest BCUT2D eigenvalue weighted by molar-refractivity contribution is 9.10. The lowest BCUT2D eigenvalue weighted by Crippen LogP contribution is -2.26. The first-order valence-electron chi connectivity index (χ1n) is 24.5. The second kappa shape index (κ2) is 32.8. The van der Waals surface area contributed by atoms with Crippen LogP contribution < -0.4 is 49.6 Å². The molecule has 10 aromatic heterocycles. The van der Waals surface area contributed by atoms with E-state index in [-0.39, 0.29) is 84.4 Å². The average Bonchev–Trinajstić information content (AvgIpc) is 1.66. The quantitative estimate of drug-likeness (QED) is 0.0422. The molecule has 0 atom stereocenters. The van der Waals surface area contributed by atoms with E-state index in [0.29, 0.717) is 51.1 Å². The molecule has 0 saturated carbocycles. The number of halogens is 1. The van der Waals surface area contributed by atoms with E-state index < -0.39 is 11.9 Å². The summed E-state index contributed by atoms with van der Waals surface area (Å²) in [5.74, 6) is 1.30. The predicted octanol–water partition coefficient (Wildman–Crippen LogP) is 8.15. The number of carbonyl (C=O) groups excluding carboxylic acids is 1. The fourth-order valence-corrected chi connectivity index (χ4v) is 7.19. The molecule has 442 valence electrons. The van der Waals surface area contributed by atoms with E-state index in [4.69, 9.17) is 39.2 Å². The van der Waals surface area contributed by atoms with Gasteiger partial charge in [0.05, 0.1) is 30.3 Å². The van der Waals surface area contributed by atoms with Gasteiger partial charge in [0.15, 0.2) is 39.0 Å². The van der Waals surface area contributed by atoms with Gasteiger partial charge in [-0.2, -0.15) is 0 Å². The predicted molar refractivity (Wildman–Crippen MR) is 331 cm³/mol.